The van der Waals surface area contributed by atoms with Crippen molar-refractivity contribution in [1.82, 2.24) is 9.55 Å². The van der Waals surface area contributed by atoms with Crippen molar-refractivity contribution in [2.75, 3.05) is 11.9 Å². The number of thiazole rings is 1. The molecule has 0 unspecified atom stereocenters. The molecule has 0 saturated carbocycles. The molecule has 0 radical (unpaired) electrons. The zero-order valence-electron chi connectivity index (χ0n) is 16.4. The number of amides is 1. The van der Waals surface area contributed by atoms with Crippen LogP contribution in [0.2, 0.25) is 0 Å². The van der Waals surface area contributed by atoms with Gasteiger partial charge in [0.05, 0.1) is 6.42 Å². The van der Waals surface area contributed by atoms with Crippen molar-refractivity contribution >= 4 is 34.7 Å². The van der Waals surface area contributed by atoms with Crippen LogP contribution in [0, 0.1) is 13.8 Å². The SMILES string of the molecule is CC(=O)Nc1ccc(CC(=O)OCC(=O)c2cc(C)n(-c3nccs3)c2C)cc1. The number of hydrogen-bond donors (Lipinski definition) is 1. The molecule has 0 fully saturated rings. The van der Waals surface area contributed by atoms with E-state index in [4.69, 9.17) is 4.74 Å². The molecule has 3 rings (SSSR count). The first-order chi connectivity index (χ1) is 13.8. The van der Waals surface area contributed by atoms with Gasteiger partial charge in [-0.25, -0.2) is 4.98 Å². The van der Waals surface area contributed by atoms with Crippen LogP contribution < -0.4 is 5.32 Å². The van der Waals surface area contributed by atoms with Crippen molar-refractivity contribution in [1.29, 1.82) is 0 Å². The lowest BCUT2D eigenvalue weighted by molar-refractivity contribution is -0.141. The first-order valence-corrected chi connectivity index (χ1v) is 9.87. The van der Waals surface area contributed by atoms with Crippen LogP contribution in [0.5, 0.6) is 0 Å². The zero-order chi connectivity index (χ0) is 21.0. The van der Waals surface area contributed by atoms with E-state index in [1.54, 1.807) is 36.5 Å². The summed E-state index contributed by atoms with van der Waals surface area (Å²) in [4.78, 5) is 40.0. The number of benzene rings is 1. The van der Waals surface area contributed by atoms with Gasteiger partial charge < -0.3 is 10.1 Å². The third kappa shape index (κ3) is 4.97. The van der Waals surface area contributed by atoms with Gasteiger partial charge >= 0.3 is 5.97 Å². The number of carbonyl (C=O) groups is 3. The van der Waals surface area contributed by atoms with E-state index >= 15 is 0 Å². The van der Waals surface area contributed by atoms with Crippen molar-refractivity contribution in [2.45, 2.75) is 27.2 Å². The minimum Gasteiger partial charge on any atom is -0.457 e. The molecule has 1 aromatic carbocycles. The van der Waals surface area contributed by atoms with Gasteiger partial charge in [-0.05, 0) is 37.6 Å². The van der Waals surface area contributed by atoms with Crippen LogP contribution in [0.3, 0.4) is 0 Å². The van der Waals surface area contributed by atoms with Gasteiger partial charge in [0, 0.05) is 41.1 Å². The lowest BCUT2D eigenvalue weighted by atomic mass is 10.1. The smallest absolute Gasteiger partial charge is 0.310 e. The number of aryl methyl sites for hydroxylation is 1. The second-order valence-corrected chi connectivity index (χ2v) is 7.45. The number of rotatable bonds is 7. The Kier molecular flexibility index (Phi) is 6.23. The molecule has 0 atom stereocenters. The Hall–Kier alpha value is -3.26. The second-order valence-electron chi connectivity index (χ2n) is 6.57. The number of esters is 1. The highest BCUT2D eigenvalue weighted by Gasteiger charge is 2.19. The lowest BCUT2D eigenvalue weighted by Gasteiger charge is -2.07. The van der Waals surface area contributed by atoms with Crippen molar-refractivity contribution < 1.29 is 19.1 Å². The largest absolute Gasteiger partial charge is 0.457 e. The molecule has 29 heavy (non-hydrogen) atoms. The molecule has 2 aromatic heterocycles. The van der Waals surface area contributed by atoms with Gasteiger partial charge in [0.25, 0.3) is 0 Å². The predicted octanol–water partition coefficient (Wildman–Crippen LogP) is 3.48. The molecule has 0 aliphatic heterocycles. The number of ketones is 1. The van der Waals surface area contributed by atoms with Crippen LogP contribution in [0.1, 0.15) is 34.2 Å². The number of ether oxygens (including phenoxy) is 1. The summed E-state index contributed by atoms with van der Waals surface area (Å²) < 4.78 is 7.08. The molecule has 2 heterocycles. The molecule has 0 saturated heterocycles. The van der Waals surface area contributed by atoms with Gasteiger partial charge in [0.15, 0.2) is 11.7 Å². The maximum absolute atomic E-state index is 12.6. The second kappa shape index (κ2) is 8.83. The predicted molar refractivity (Wildman–Crippen MR) is 111 cm³/mol. The van der Waals surface area contributed by atoms with E-state index in [9.17, 15) is 14.4 Å². The molecular weight excluding hydrogens is 390 g/mol. The average Bonchev–Trinajstić information content (AvgIpc) is 3.28. The van der Waals surface area contributed by atoms with Gasteiger partial charge in [0.1, 0.15) is 0 Å². The fraction of sp³-hybridized carbons (Fsp3) is 0.238. The molecule has 0 spiro atoms. The summed E-state index contributed by atoms with van der Waals surface area (Å²) in [5.74, 6) is -0.903. The number of nitrogens with one attached hydrogen (secondary N) is 1. The number of aromatic nitrogens is 2. The summed E-state index contributed by atoms with van der Waals surface area (Å²) in [5.41, 5.74) is 3.57. The van der Waals surface area contributed by atoms with E-state index in [1.807, 2.05) is 23.8 Å². The molecular formula is C21H21N3O4S. The number of anilines is 1. The number of carbonyl (C=O) groups excluding carboxylic acids is 3. The summed E-state index contributed by atoms with van der Waals surface area (Å²) >= 11 is 1.49. The first-order valence-electron chi connectivity index (χ1n) is 8.99. The standard InChI is InChI=1S/C21H21N3O4S/c1-13-10-18(14(2)24(13)21-22-8-9-29-21)19(26)12-28-20(27)11-16-4-6-17(7-5-16)23-15(3)25/h4-10H,11-12H2,1-3H3,(H,23,25). The van der Waals surface area contributed by atoms with Crippen molar-refractivity contribution in [3.8, 4) is 5.13 Å². The minimum atomic E-state index is -0.487. The number of nitrogens with zero attached hydrogens (tertiary/aromatic N) is 2. The lowest BCUT2D eigenvalue weighted by Crippen LogP contribution is -2.16. The molecule has 8 heteroatoms. The molecule has 150 valence electrons. The van der Waals surface area contributed by atoms with Crippen LogP contribution in [0.25, 0.3) is 5.13 Å². The summed E-state index contributed by atoms with van der Waals surface area (Å²) in [5, 5.41) is 5.33. The fourth-order valence-corrected chi connectivity index (χ4v) is 3.77. The van der Waals surface area contributed by atoms with Crippen LogP contribution in [0.15, 0.2) is 41.9 Å². The number of hydrogen-bond acceptors (Lipinski definition) is 6. The Balaban J connectivity index is 1.59. The molecule has 7 nitrogen and oxygen atoms in total. The Morgan fingerprint density at radius 2 is 1.90 bits per heavy atom. The number of Topliss-reactive ketones (excluding diaryl/α,β-unsaturated/α-hetero) is 1. The summed E-state index contributed by atoms with van der Waals surface area (Å²) in [7, 11) is 0. The maximum atomic E-state index is 12.6. The monoisotopic (exact) mass is 411 g/mol. The third-order valence-corrected chi connectivity index (χ3v) is 5.09. The van der Waals surface area contributed by atoms with Crippen molar-refractivity contribution in [2.24, 2.45) is 0 Å². The molecule has 3 aromatic rings. The fourth-order valence-electron chi connectivity index (χ4n) is 3.02. The Bertz CT molecular complexity index is 1040. The molecule has 0 bridgehead atoms. The zero-order valence-corrected chi connectivity index (χ0v) is 17.2. The third-order valence-electron chi connectivity index (χ3n) is 4.33. The van der Waals surface area contributed by atoms with Gasteiger partial charge in [0.2, 0.25) is 11.7 Å². The molecule has 1 N–H and O–H groups in total. The van der Waals surface area contributed by atoms with Gasteiger partial charge in [-0.1, -0.05) is 12.1 Å². The van der Waals surface area contributed by atoms with E-state index in [0.717, 1.165) is 22.1 Å². The Labute approximate surface area is 172 Å². The molecule has 0 aliphatic rings. The van der Waals surface area contributed by atoms with Gasteiger partial charge in [-0.3, -0.25) is 19.0 Å². The highest BCUT2D eigenvalue weighted by Crippen LogP contribution is 2.22. The summed E-state index contributed by atoms with van der Waals surface area (Å²) in [6.45, 7) is 4.86. The Morgan fingerprint density at radius 1 is 1.17 bits per heavy atom. The summed E-state index contributed by atoms with van der Waals surface area (Å²) in [6.07, 6.45) is 1.76. The quantitative estimate of drug-likeness (QED) is 0.475. The average molecular weight is 411 g/mol. The van der Waals surface area contributed by atoms with E-state index in [2.05, 4.69) is 10.3 Å². The highest BCUT2D eigenvalue weighted by molar-refractivity contribution is 7.12. The van der Waals surface area contributed by atoms with Crippen LogP contribution in [0.4, 0.5) is 5.69 Å². The maximum Gasteiger partial charge on any atom is 0.310 e. The van der Waals surface area contributed by atoms with Crippen molar-refractivity contribution in [3.05, 3.63) is 64.4 Å². The van der Waals surface area contributed by atoms with Crippen molar-refractivity contribution in [3.63, 3.8) is 0 Å². The van der Waals surface area contributed by atoms with Gasteiger partial charge in [-0.2, -0.15) is 0 Å². The highest BCUT2D eigenvalue weighted by atomic mass is 32.1. The van der Waals surface area contributed by atoms with E-state index < -0.39 is 5.97 Å². The Morgan fingerprint density at radius 3 is 2.52 bits per heavy atom. The minimum absolute atomic E-state index is 0.0474. The van der Waals surface area contributed by atoms with Crippen LogP contribution in [-0.4, -0.2) is 33.8 Å². The molecule has 0 aliphatic carbocycles. The normalized spacial score (nSPS) is 10.6. The van der Waals surface area contributed by atoms with E-state index in [-0.39, 0.29) is 24.7 Å². The van der Waals surface area contributed by atoms with E-state index in [0.29, 0.717) is 11.3 Å². The summed E-state index contributed by atoms with van der Waals surface area (Å²) in [6, 6.07) is 8.67. The van der Waals surface area contributed by atoms with Crippen LogP contribution in [-0.2, 0) is 20.7 Å². The first kappa shape index (κ1) is 20.5. The van der Waals surface area contributed by atoms with Crippen LogP contribution >= 0.6 is 11.3 Å². The van der Waals surface area contributed by atoms with E-state index in [1.165, 1.54) is 18.3 Å². The molecule has 1 amide bonds. The van der Waals surface area contributed by atoms with Gasteiger partial charge in [-0.15, -0.1) is 11.3 Å². The topological polar surface area (TPSA) is 90.3 Å².